The highest BCUT2D eigenvalue weighted by atomic mass is 35.5. The van der Waals surface area contributed by atoms with Gasteiger partial charge in [0, 0.05) is 22.0 Å². The molecule has 2 aromatic heterocycles. The molecule has 5 heteroatoms. The van der Waals surface area contributed by atoms with Gasteiger partial charge in [-0.3, -0.25) is 0 Å². The van der Waals surface area contributed by atoms with Crippen LogP contribution in [0.5, 0.6) is 0 Å². The Morgan fingerprint density at radius 3 is 2.82 bits per heavy atom. The van der Waals surface area contributed by atoms with E-state index in [1.54, 1.807) is 12.1 Å². The van der Waals surface area contributed by atoms with E-state index in [4.69, 9.17) is 26.3 Å². The number of rotatable bonds is 1. The fraction of sp³-hybridized carbons (Fsp3) is 0.0833. The van der Waals surface area contributed by atoms with Gasteiger partial charge in [0.25, 0.3) is 0 Å². The van der Waals surface area contributed by atoms with Crippen molar-refractivity contribution >= 4 is 28.5 Å². The number of hydrogen-bond donors (Lipinski definition) is 1. The third-order valence-electron chi connectivity index (χ3n) is 2.66. The minimum atomic E-state index is 0.262. The van der Waals surface area contributed by atoms with Crippen molar-refractivity contribution in [1.29, 1.82) is 0 Å². The first-order valence-corrected chi connectivity index (χ1v) is 5.44. The van der Waals surface area contributed by atoms with Crippen molar-refractivity contribution in [3.63, 3.8) is 0 Å². The maximum absolute atomic E-state index is 5.95. The minimum Gasteiger partial charge on any atom is -0.454 e. The summed E-state index contributed by atoms with van der Waals surface area (Å²) in [7, 11) is 0. The lowest BCUT2D eigenvalue weighted by Crippen LogP contribution is -1.77. The van der Waals surface area contributed by atoms with E-state index < -0.39 is 0 Å². The lowest BCUT2D eigenvalue weighted by Gasteiger charge is -1.90. The second kappa shape index (κ2) is 3.53. The van der Waals surface area contributed by atoms with Gasteiger partial charge in [0.2, 0.25) is 5.88 Å². The van der Waals surface area contributed by atoms with E-state index in [0.717, 1.165) is 16.5 Å². The molecule has 0 bridgehead atoms. The molecule has 0 aliphatic rings. The molecule has 2 heterocycles. The minimum absolute atomic E-state index is 0.262. The van der Waals surface area contributed by atoms with Crippen LogP contribution in [0.1, 0.15) is 5.56 Å². The number of benzene rings is 1. The average molecular weight is 249 g/mol. The molecule has 0 amide bonds. The summed E-state index contributed by atoms with van der Waals surface area (Å²) >= 11 is 5.95. The summed E-state index contributed by atoms with van der Waals surface area (Å²) in [6, 6.07) is 7.11. The Labute approximate surface area is 102 Å². The molecule has 3 rings (SSSR count). The molecule has 0 radical (unpaired) electrons. The van der Waals surface area contributed by atoms with E-state index in [1.165, 1.54) is 0 Å². The molecule has 1 aromatic carbocycles. The lowest BCUT2D eigenvalue weighted by molar-refractivity contribution is 0.436. The smallest absolute Gasteiger partial charge is 0.222 e. The topological polar surface area (TPSA) is 65.2 Å². The number of halogens is 1. The fourth-order valence-electron chi connectivity index (χ4n) is 1.83. The molecular formula is C12H9ClN2O2. The number of nitrogens with zero attached hydrogens (tertiary/aromatic N) is 1. The van der Waals surface area contributed by atoms with Gasteiger partial charge >= 0.3 is 0 Å². The van der Waals surface area contributed by atoms with Crippen LogP contribution in [0.3, 0.4) is 0 Å². The zero-order chi connectivity index (χ0) is 12.0. The van der Waals surface area contributed by atoms with Gasteiger partial charge in [-0.15, -0.1) is 0 Å². The van der Waals surface area contributed by atoms with Crippen LogP contribution in [0.4, 0.5) is 5.88 Å². The standard InChI is InChI=1S/C12H9ClN2O2/c1-6-8-4-7(13)2-3-10(8)16-12(6)9-5-11(14)17-15-9/h2-5H,14H2,1H3. The van der Waals surface area contributed by atoms with Gasteiger partial charge in [-0.25, -0.2) is 0 Å². The van der Waals surface area contributed by atoms with Crippen LogP contribution in [0, 0.1) is 6.92 Å². The van der Waals surface area contributed by atoms with E-state index >= 15 is 0 Å². The Morgan fingerprint density at radius 2 is 2.12 bits per heavy atom. The van der Waals surface area contributed by atoms with Crippen LogP contribution >= 0.6 is 11.6 Å². The van der Waals surface area contributed by atoms with Crippen LogP contribution in [0.25, 0.3) is 22.4 Å². The van der Waals surface area contributed by atoms with Gasteiger partial charge in [-0.1, -0.05) is 16.8 Å². The van der Waals surface area contributed by atoms with Gasteiger partial charge in [0.05, 0.1) is 0 Å². The summed E-state index contributed by atoms with van der Waals surface area (Å²) in [6.45, 7) is 1.95. The Hall–Kier alpha value is -1.94. The van der Waals surface area contributed by atoms with Crippen molar-refractivity contribution < 1.29 is 8.94 Å². The van der Waals surface area contributed by atoms with Crippen molar-refractivity contribution in [2.45, 2.75) is 6.92 Å². The molecule has 0 saturated heterocycles. The van der Waals surface area contributed by atoms with Crippen molar-refractivity contribution in [3.05, 3.63) is 34.9 Å². The van der Waals surface area contributed by atoms with E-state index in [2.05, 4.69) is 5.16 Å². The highest BCUT2D eigenvalue weighted by Gasteiger charge is 2.15. The number of nitrogen functional groups attached to an aromatic ring is 1. The largest absolute Gasteiger partial charge is 0.454 e. The van der Waals surface area contributed by atoms with Gasteiger partial charge in [-0.2, -0.15) is 0 Å². The fourth-order valence-corrected chi connectivity index (χ4v) is 2.01. The zero-order valence-electron chi connectivity index (χ0n) is 9.03. The van der Waals surface area contributed by atoms with Crippen LogP contribution in [0.15, 0.2) is 33.2 Å². The van der Waals surface area contributed by atoms with Crippen molar-refractivity contribution in [3.8, 4) is 11.5 Å². The molecule has 0 spiro atoms. The first-order valence-electron chi connectivity index (χ1n) is 5.06. The summed E-state index contributed by atoms with van der Waals surface area (Å²) in [6.07, 6.45) is 0. The van der Waals surface area contributed by atoms with Crippen LogP contribution in [0.2, 0.25) is 5.02 Å². The number of nitrogens with two attached hydrogens (primary N) is 1. The number of aryl methyl sites for hydroxylation is 1. The molecule has 0 fully saturated rings. The highest BCUT2D eigenvalue weighted by molar-refractivity contribution is 6.31. The molecule has 4 nitrogen and oxygen atoms in total. The van der Waals surface area contributed by atoms with Crippen LogP contribution < -0.4 is 5.73 Å². The molecule has 86 valence electrons. The number of anilines is 1. The SMILES string of the molecule is Cc1c(-c2cc(N)on2)oc2ccc(Cl)cc12. The number of hydrogen-bond acceptors (Lipinski definition) is 4. The molecule has 0 unspecified atom stereocenters. The molecule has 0 aliphatic heterocycles. The molecule has 3 aromatic rings. The van der Waals surface area contributed by atoms with Gasteiger partial charge in [0.15, 0.2) is 11.5 Å². The van der Waals surface area contributed by atoms with Gasteiger partial charge < -0.3 is 14.7 Å². The summed E-state index contributed by atoms with van der Waals surface area (Å²) in [5.41, 5.74) is 7.82. The quantitative estimate of drug-likeness (QED) is 0.714. The maximum Gasteiger partial charge on any atom is 0.222 e. The Kier molecular flexibility index (Phi) is 2.12. The van der Waals surface area contributed by atoms with E-state index in [0.29, 0.717) is 16.5 Å². The molecular weight excluding hydrogens is 240 g/mol. The van der Waals surface area contributed by atoms with Gasteiger partial charge in [0.1, 0.15) is 5.58 Å². The van der Waals surface area contributed by atoms with Crippen molar-refractivity contribution in [2.75, 3.05) is 5.73 Å². The predicted molar refractivity (Wildman–Crippen MR) is 65.9 cm³/mol. The first kappa shape index (κ1) is 10.2. The second-order valence-corrected chi connectivity index (χ2v) is 4.25. The Morgan fingerprint density at radius 1 is 1.29 bits per heavy atom. The normalized spacial score (nSPS) is 11.2. The maximum atomic E-state index is 5.95. The molecule has 0 atom stereocenters. The number of aromatic nitrogens is 1. The number of fused-ring (bicyclic) bond motifs is 1. The lowest BCUT2D eigenvalue weighted by atomic mass is 10.1. The predicted octanol–water partition coefficient (Wildman–Crippen LogP) is 3.63. The third kappa shape index (κ3) is 1.57. The number of furan rings is 1. The Balaban J connectivity index is 2.27. The molecule has 2 N–H and O–H groups in total. The highest BCUT2D eigenvalue weighted by Crippen LogP contribution is 2.34. The third-order valence-corrected chi connectivity index (χ3v) is 2.89. The summed E-state index contributed by atoms with van der Waals surface area (Å²) in [5.74, 6) is 0.917. The molecule has 0 saturated carbocycles. The van der Waals surface area contributed by atoms with Gasteiger partial charge in [-0.05, 0) is 25.1 Å². The van der Waals surface area contributed by atoms with Crippen LogP contribution in [-0.4, -0.2) is 5.16 Å². The van der Waals surface area contributed by atoms with E-state index in [9.17, 15) is 0 Å². The first-order chi connectivity index (χ1) is 8.15. The van der Waals surface area contributed by atoms with E-state index in [-0.39, 0.29) is 5.88 Å². The molecule has 0 aliphatic carbocycles. The summed E-state index contributed by atoms with van der Waals surface area (Å²) in [5, 5.41) is 5.48. The van der Waals surface area contributed by atoms with Crippen molar-refractivity contribution in [2.24, 2.45) is 0 Å². The zero-order valence-corrected chi connectivity index (χ0v) is 9.78. The Bertz CT molecular complexity index is 700. The second-order valence-electron chi connectivity index (χ2n) is 3.81. The monoisotopic (exact) mass is 248 g/mol. The van der Waals surface area contributed by atoms with Crippen LogP contribution in [-0.2, 0) is 0 Å². The van der Waals surface area contributed by atoms with Crippen molar-refractivity contribution in [1.82, 2.24) is 5.16 Å². The molecule has 17 heavy (non-hydrogen) atoms. The van der Waals surface area contributed by atoms with E-state index in [1.807, 2.05) is 19.1 Å². The summed E-state index contributed by atoms with van der Waals surface area (Å²) in [4.78, 5) is 0. The summed E-state index contributed by atoms with van der Waals surface area (Å²) < 4.78 is 10.6. The average Bonchev–Trinajstić information content (AvgIpc) is 2.84.